The third-order valence-electron chi connectivity index (χ3n) is 8.88. The van der Waals surface area contributed by atoms with E-state index in [4.69, 9.17) is 9.47 Å². The molecule has 1 aliphatic heterocycles. The van der Waals surface area contributed by atoms with Crippen molar-refractivity contribution >= 4 is 17.7 Å². The molecule has 1 aromatic heterocycles. The largest absolute Gasteiger partial charge is 0.508 e. The van der Waals surface area contributed by atoms with Gasteiger partial charge in [0.1, 0.15) is 11.3 Å². The Hall–Kier alpha value is -5.68. The predicted molar refractivity (Wildman–Crippen MR) is 189 cm³/mol. The van der Waals surface area contributed by atoms with Crippen molar-refractivity contribution < 1.29 is 46.4 Å². The van der Waals surface area contributed by atoms with E-state index in [1.165, 1.54) is 11.8 Å². The number of hydrogen-bond acceptors (Lipinski definition) is 9. The van der Waals surface area contributed by atoms with Gasteiger partial charge in [-0.05, 0) is 68.6 Å². The molecule has 1 amide bonds. The number of aromatic nitrogens is 4. The van der Waals surface area contributed by atoms with Gasteiger partial charge in [-0.1, -0.05) is 78.5 Å². The van der Waals surface area contributed by atoms with Crippen LogP contribution < -0.4 is 5.32 Å². The van der Waals surface area contributed by atoms with Crippen molar-refractivity contribution in [3.05, 3.63) is 154 Å². The number of phenols is 1. The molecule has 6 aromatic rings. The molecule has 0 bridgehead atoms. The van der Waals surface area contributed by atoms with Crippen molar-refractivity contribution in [2.75, 3.05) is 5.75 Å². The molecule has 10 nitrogen and oxygen atoms in total. The zero-order chi connectivity index (χ0) is 38.6. The second-order valence-corrected chi connectivity index (χ2v) is 13.5. The average Bonchev–Trinajstić information content (AvgIpc) is 3.70. The minimum Gasteiger partial charge on any atom is -0.508 e. The molecular formula is C39H30F5N5O5S. The molecule has 0 spiro atoms. The second-order valence-electron chi connectivity index (χ2n) is 12.5. The van der Waals surface area contributed by atoms with Crippen molar-refractivity contribution in [3.8, 4) is 22.6 Å². The molecule has 282 valence electrons. The van der Waals surface area contributed by atoms with Crippen molar-refractivity contribution in [1.29, 1.82) is 0 Å². The molecule has 55 heavy (non-hydrogen) atoms. The van der Waals surface area contributed by atoms with E-state index in [2.05, 4.69) is 20.8 Å². The lowest BCUT2D eigenvalue weighted by Gasteiger charge is -2.36. The first-order valence-corrected chi connectivity index (χ1v) is 17.8. The Kier molecular flexibility index (Phi) is 11.2. The predicted octanol–water partition coefficient (Wildman–Crippen LogP) is 7.49. The highest BCUT2D eigenvalue weighted by Gasteiger charge is 2.33. The Balaban J connectivity index is 1.06. The highest BCUT2D eigenvalue weighted by atomic mass is 32.2. The van der Waals surface area contributed by atoms with Crippen LogP contribution in [0.4, 0.5) is 22.0 Å². The number of halogens is 5. The number of aliphatic hydroxyl groups excluding tert-OH is 1. The fraction of sp³-hybridized carbons (Fsp3) is 0.179. The second kappa shape index (κ2) is 16.4. The summed E-state index contributed by atoms with van der Waals surface area (Å²) in [6, 6.07) is 28.3. The Morgan fingerprint density at radius 1 is 0.800 bits per heavy atom. The number of tetrazole rings is 1. The Bertz CT molecular complexity index is 2280. The van der Waals surface area contributed by atoms with Gasteiger partial charge in [-0.3, -0.25) is 4.79 Å². The van der Waals surface area contributed by atoms with Gasteiger partial charge < -0.3 is 25.0 Å². The van der Waals surface area contributed by atoms with Crippen molar-refractivity contribution in [3.63, 3.8) is 0 Å². The number of nitrogens with zero attached hydrogens (tertiary/aromatic N) is 4. The summed E-state index contributed by atoms with van der Waals surface area (Å²) >= 11 is 1.41. The van der Waals surface area contributed by atoms with Gasteiger partial charge in [-0.2, -0.15) is 4.68 Å². The molecule has 16 heteroatoms. The van der Waals surface area contributed by atoms with Crippen LogP contribution in [-0.4, -0.2) is 48.2 Å². The minimum atomic E-state index is -2.35. The molecule has 1 aliphatic rings. The zero-order valence-corrected chi connectivity index (χ0v) is 29.3. The molecule has 3 atom stereocenters. The van der Waals surface area contributed by atoms with Gasteiger partial charge in [0, 0.05) is 24.3 Å². The SMILES string of the molecule is O=C(NCc1cccc(-c2ccc([C@H]3O[C@@H](CSc4nnnn4-c4ccc(O)cc4)C[C@@H](c4ccc(CO)cc4)O3)cc2)c1)c1c(F)c(F)c(F)c(F)c1F. The number of hydrogen-bond donors (Lipinski definition) is 3. The van der Waals surface area contributed by atoms with Crippen LogP contribution in [0.15, 0.2) is 102 Å². The van der Waals surface area contributed by atoms with Gasteiger partial charge in [0.05, 0.1) is 24.5 Å². The number of thioether (sulfide) groups is 1. The lowest BCUT2D eigenvalue weighted by Crippen LogP contribution is -2.31. The molecule has 0 unspecified atom stereocenters. The fourth-order valence-electron chi connectivity index (χ4n) is 5.98. The molecule has 7 rings (SSSR count). The van der Waals surface area contributed by atoms with Gasteiger partial charge in [-0.15, -0.1) is 5.10 Å². The summed E-state index contributed by atoms with van der Waals surface area (Å²) in [6.45, 7) is -0.343. The Labute approximate surface area is 314 Å². The molecule has 0 saturated carbocycles. The van der Waals surface area contributed by atoms with Crippen LogP contribution in [0, 0.1) is 29.1 Å². The Morgan fingerprint density at radius 2 is 1.47 bits per heavy atom. The number of rotatable bonds is 11. The number of ether oxygens (including phenoxy) is 2. The smallest absolute Gasteiger partial charge is 0.257 e. The highest BCUT2D eigenvalue weighted by Crippen LogP contribution is 2.40. The van der Waals surface area contributed by atoms with Gasteiger partial charge >= 0.3 is 0 Å². The molecule has 2 heterocycles. The summed E-state index contributed by atoms with van der Waals surface area (Å²) in [4.78, 5) is 12.5. The maximum absolute atomic E-state index is 14.1. The number of carbonyl (C=O) groups excluding carboxylic acids is 1. The molecular weight excluding hydrogens is 746 g/mol. The van der Waals surface area contributed by atoms with Crippen LogP contribution in [0.3, 0.4) is 0 Å². The van der Waals surface area contributed by atoms with Gasteiger partial charge in [0.25, 0.3) is 5.91 Å². The average molecular weight is 776 g/mol. The molecule has 1 fully saturated rings. The number of aliphatic hydroxyl groups is 1. The van der Waals surface area contributed by atoms with Crippen LogP contribution >= 0.6 is 11.8 Å². The fourth-order valence-corrected chi connectivity index (χ4v) is 6.89. The van der Waals surface area contributed by atoms with E-state index in [0.717, 1.165) is 27.8 Å². The van der Waals surface area contributed by atoms with Crippen LogP contribution in [0.25, 0.3) is 16.8 Å². The summed E-state index contributed by atoms with van der Waals surface area (Å²) in [6.07, 6.45) is -0.879. The molecule has 0 radical (unpaired) electrons. The van der Waals surface area contributed by atoms with Crippen LogP contribution in [-0.2, 0) is 22.6 Å². The van der Waals surface area contributed by atoms with Gasteiger partial charge in [-0.25, -0.2) is 22.0 Å². The van der Waals surface area contributed by atoms with E-state index < -0.39 is 46.8 Å². The van der Waals surface area contributed by atoms with E-state index in [9.17, 15) is 37.0 Å². The van der Waals surface area contributed by atoms with Crippen LogP contribution in [0.5, 0.6) is 5.75 Å². The lowest BCUT2D eigenvalue weighted by atomic mass is 9.99. The van der Waals surface area contributed by atoms with Gasteiger partial charge in [0.15, 0.2) is 29.6 Å². The summed E-state index contributed by atoms with van der Waals surface area (Å²) in [5, 5.41) is 34.1. The first kappa shape index (κ1) is 37.6. The summed E-state index contributed by atoms with van der Waals surface area (Å²) in [5.41, 5.74) is 3.53. The number of carbonyl (C=O) groups is 1. The maximum Gasteiger partial charge on any atom is 0.257 e. The third-order valence-corrected chi connectivity index (χ3v) is 9.93. The summed E-state index contributed by atoms with van der Waals surface area (Å²) in [5.74, 6) is -12.0. The van der Waals surface area contributed by atoms with Gasteiger partial charge in [0.2, 0.25) is 11.0 Å². The standard InChI is InChI=1S/C39H30F5N5O5S/c40-32-31(33(41)35(43)36(44)34(32)42)37(52)45-18-22-2-1-3-26(16-22)23-8-10-25(11-9-23)38-53-29(17-30(54-38)24-6-4-21(19-50)5-7-24)20-55-39-46-47-48-49(39)27-12-14-28(51)15-13-27/h1-16,29-30,38,50-51H,17-20H2,(H,45,52)/t29-,30+,38+/m1/s1. The Morgan fingerprint density at radius 3 is 2.16 bits per heavy atom. The molecule has 3 N–H and O–H groups in total. The van der Waals surface area contributed by atoms with E-state index >= 15 is 0 Å². The highest BCUT2D eigenvalue weighted by molar-refractivity contribution is 7.99. The summed E-state index contributed by atoms with van der Waals surface area (Å²) in [7, 11) is 0. The van der Waals surface area contributed by atoms with Crippen LogP contribution in [0.2, 0.25) is 0 Å². The van der Waals surface area contributed by atoms with Crippen molar-refractivity contribution in [2.45, 2.75) is 43.2 Å². The van der Waals surface area contributed by atoms with E-state index in [-0.39, 0.29) is 31.1 Å². The first-order valence-electron chi connectivity index (χ1n) is 16.8. The minimum absolute atomic E-state index is 0.0884. The maximum atomic E-state index is 14.1. The lowest BCUT2D eigenvalue weighted by molar-refractivity contribution is -0.245. The monoisotopic (exact) mass is 775 g/mol. The van der Waals surface area contributed by atoms with E-state index in [1.54, 1.807) is 47.1 Å². The number of amides is 1. The zero-order valence-electron chi connectivity index (χ0n) is 28.5. The van der Waals surface area contributed by atoms with Crippen LogP contribution in [0.1, 0.15) is 51.4 Å². The third kappa shape index (κ3) is 8.22. The van der Waals surface area contributed by atoms with Crippen molar-refractivity contribution in [1.82, 2.24) is 25.5 Å². The molecule has 0 aliphatic carbocycles. The van der Waals surface area contributed by atoms with Crippen molar-refractivity contribution in [2.24, 2.45) is 0 Å². The van der Waals surface area contributed by atoms with E-state index in [1.807, 2.05) is 54.6 Å². The number of benzene rings is 5. The number of nitrogens with one attached hydrogen (secondary N) is 1. The quantitative estimate of drug-likeness (QED) is 0.0531. The van der Waals surface area contributed by atoms with E-state index in [0.29, 0.717) is 28.6 Å². The number of aromatic hydroxyl groups is 1. The molecule has 5 aromatic carbocycles. The molecule has 1 saturated heterocycles. The summed E-state index contributed by atoms with van der Waals surface area (Å²) < 4.78 is 83.5. The first-order chi connectivity index (χ1) is 26.6. The normalized spacial score (nSPS) is 16.9. The topological polar surface area (TPSA) is 132 Å². The number of phenolic OH excluding ortho intramolecular Hbond substituents is 1.